The van der Waals surface area contributed by atoms with E-state index in [0.717, 1.165) is 30.3 Å². The predicted octanol–water partition coefficient (Wildman–Crippen LogP) is 3.10. The number of likely N-dealkylation sites (tertiary alicyclic amines) is 1. The van der Waals surface area contributed by atoms with E-state index in [1.54, 1.807) is 12.5 Å². The number of carboxylic acid groups (broad SMARTS) is 1. The van der Waals surface area contributed by atoms with Crippen molar-refractivity contribution < 1.29 is 27.9 Å². The number of nitrogens with one attached hydrogen (secondary N) is 1. The lowest BCUT2D eigenvalue weighted by Gasteiger charge is -2.14. The minimum absolute atomic E-state index is 0.154. The second-order valence-corrected chi connectivity index (χ2v) is 8.70. The molecule has 190 valence electrons. The second-order valence-electron chi connectivity index (χ2n) is 7.83. The van der Waals surface area contributed by atoms with E-state index in [1.165, 1.54) is 24.2 Å². The number of carbonyl (C=O) groups is 2. The highest BCUT2D eigenvalue weighted by atomic mass is 32.1. The highest BCUT2D eigenvalue weighted by Gasteiger charge is 2.38. The molecule has 0 aromatic carbocycles. The Kier molecular flexibility index (Phi) is 7.64. The van der Waals surface area contributed by atoms with Crippen LogP contribution in [0.2, 0.25) is 0 Å². The van der Waals surface area contributed by atoms with Crippen LogP contribution in [0.25, 0.3) is 22.2 Å². The van der Waals surface area contributed by atoms with Crippen molar-refractivity contribution in [2.45, 2.75) is 19.0 Å². The summed E-state index contributed by atoms with van der Waals surface area (Å²) >= 11 is 1.53. The Labute approximate surface area is 207 Å². The summed E-state index contributed by atoms with van der Waals surface area (Å²) in [4.78, 5) is 37.5. The molecule has 14 heteroatoms. The number of imidazole rings is 2. The van der Waals surface area contributed by atoms with Gasteiger partial charge in [-0.1, -0.05) is 6.07 Å². The number of halogens is 3. The third kappa shape index (κ3) is 5.88. The van der Waals surface area contributed by atoms with Crippen LogP contribution in [0.5, 0.6) is 0 Å². The molecule has 2 N–H and O–H groups in total. The lowest BCUT2D eigenvalue weighted by atomic mass is 10.3. The SMILES string of the molecule is O=C(NCCN1CCCC1)c1nc(-c2cn(-c3nccs3)cn2)n2ccccc12.O=C(O)C(F)(F)F. The Hall–Kier alpha value is -3.78. The van der Waals surface area contributed by atoms with E-state index in [9.17, 15) is 18.0 Å². The van der Waals surface area contributed by atoms with Crippen molar-refractivity contribution in [3.05, 3.63) is 54.2 Å². The Bertz CT molecular complexity index is 1330. The largest absolute Gasteiger partial charge is 0.490 e. The van der Waals surface area contributed by atoms with Crippen LogP contribution in [0.4, 0.5) is 13.2 Å². The van der Waals surface area contributed by atoms with Gasteiger partial charge >= 0.3 is 12.1 Å². The van der Waals surface area contributed by atoms with Crippen molar-refractivity contribution in [2.24, 2.45) is 0 Å². The van der Waals surface area contributed by atoms with Gasteiger partial charge in [0.1, 0.15) is 12.0 Å². The van der Waals surface area contributed by atoms with Crippen molar-refractivity contribution in [3.63, 3.8) is 0 Å². The third-order valence-corrected chi connectivity index (χ3v) is 6.15. The van der Waals surface area contributed by atoms with Gasteiger partial charge in [-0.2, -0.15) is 13.2 Å². The smallest absolute Gasteiger partial charge is 0.475 e. The van der Waals surface area contributed by atoms with Crippen LogP contribution in [0.15, 0.2) is 48.5 Å². The van der Waals surface area contributed by atoms with Gasteiger partial charge in [-0.25, -0.2) is 19.7 Å². The van der Waals surface area contributed by atoms with Crippen molar-refractivity contribution in [1.82, 2.24) is 34.1 Å². The van der Waals surface area contributed by atoms with Crippen LogP contribution < -0.4 is 5.32 Å². The van der Waals surface area contributed by atoms with Crippen LogP contribution in [-0.2, 0) is 4.79 Å². The number of aromatic nitrogens is 5. The molecule has 0 atom stereocenters. The van der Waals surface area contributed by atoms with E-state index >= 15 is 0 Å². The summed E-state index contributed by atoms with van der Waals surface area (Å²) in [5.41, 5.74) is 1.88. The van der Waals surface area contributed by atoms with E-state index in [2.05, 4.69) is 25.2 Å². The third-order valence-electron chi connectivity index (χ3n) is 5.37. The average Bonchev–Trinajstić information content (AvgIpc) is 3.65. The molecular formula is C22H22F3N7O3S. The molecule has 1 aliphatic heterocycles. The molecule has 1 aliphatic rings. The Morgan fingerprint density at radius 3 is 2.58 bits per heavy atom. The van der Waals surface area contributed by atoms with Crippen molar-refractivity contribution >= 4 is 28.7 Å². The van der Waals surface area contributed by atoms with Gasteiger partial charge in [-0.15, -0.1) is 11.3 Å². The minimum Gasteiger partial charge on any atom is -0.475 e. The number of alkyl halides is 3. The van der Waals surface area contributed by atoms with Gasteiger partial charge < -0.3 is 15.3 Å². The van der Waals surface area contributed by atoms with Crippen molar-refractivity contribution in [1.29, 1.82) is 0 Å². The summed E-state index contributed by atoms with van der Waals surface area (Å²) in [5, 5.41) is 12.9. The summed E-state index contributed by atoms with van der Waals surface area (Å²) in [6, 6.07) is 5.74. The van der Waals surface area contributed by atoms with E-state index in [1.807, 2.05) is 44.9 Å². The number of thiazole rings is 1. The van der Waals surface area contributed by atoms with E-state index < -0.39 is 12.1 Å². The number of hydrogen-bond acceptors (Lipinski definition) is 7. The standard InChI is InChI=1S/C20H21N7OS.C2HF3O2/c28-19(21-6-11-25-8-3-4-9-25)17-16-5-1-2-10-27(16)18(24-17)15-13-26(14-23-15)20-22-7-12-29-20;3-2(4,5)1(6)7/h1-2,5,7,10,12-14H,3-4,6,8-9,11H2,(H,21,28);(H,6,7). The van der Waals surface area contributed by atoms with Crippen LogP contribution in [0.1, 0.15) is 23.3 Å². The van der Waals surface area contributed by atoms with Crippen LogP contribution in [-0.4, -0.2) is 78.2 Å². The Balaban J connectivity index is 0.000000384. The predicted molar refractivity (Wildman–Crippen MR) is 125 cm³/mol. The molecule has 1 saturated heterocycles. The van der Waals surface area contributed by atoms with E-state index in [4.69, 9.17) is 9.90 Å². The van der Waals surface area contributed by atoms with Crippen molar-refractivity contribution in [3.8, 4) is 16.6 Å². The number of fused-ring (bicyclic) bond motifs is 1. The zero-order valence-corrected chi connectivity index (χ0v) is 19.7. The lowest BCUT2D eigenvalue weighted by molar-refractivity contribution is -0.192. The first-order chi connectivity index (χ1) is 17.2. The van der Waals surface area contributed by atoms with Crippen LogP contribution >= 0.6 is 11.3 Å². The fraction of sp³-hybridized carbons (Fsp3) is 0.318. The van der Waals surface area contributed by atoms with Crippen LogP contribution in [0.3, 0.4) is 0 Å². The molecule has 4 aromatic heterocycles. The molecule has 1 amide bonds. The maximum Gasteiger partial charge on any atom is 0.490 e. The molecule has 5 heterocycles. The fourth-order valence-electron chi connectivity index (χ4n) is 3.69. The van der Waals surface area contributed by atoms with E-state index in [-0.39, 0.29) is 5.91 Å². The van der Waals surface area contributed by atoms with Gasteiger partial charge in [-0.3, -0.25) is 13.8 Å². The molecule has 4 aromatic rings. The first-order valence-electron chi connectivity index (χ1n) is 11.0. The maximum atomic E-state index is 12.8. The topological polar surface area (TPSA) is 118 Å². The number of hydrogen-bond donors (Lipinski definition) is 2. The lowest BCUT2D eigenvalue weighted by Crippen LogP contribution is -2.33. The molecule has 0 unspecified atom stereocenters. The van der Waals surface area contributed by atoms with Gasteiger partial charge in [0.05, 0.1) is 5.52 Å². The summed E-state index contributed by atoms with van der Waals surface area (Å²) in [6.45, 7) is 3.74. The number of amides is 1. The number of aliphatic carboxylic acids is 1. The highest BCUT2D eigenvalue weighted by molar-refractivity contribution is 7.12. The van der Waals surface area contributed by atoms with Gasteiger partial charge in [-0.05, 0) is 38.1 Å². The Morgan fingerprint density at radius 2 is 1.92 bits per heavy atom. The van der Waals surface area contributed by atoms with Gasteiger partial charge in [0, 0.05) is 37.1 Å². The number of carboxylic acids is 1. The molecular weight excluding hydrogens is 499 g/mol. The molecule has 0 aliphatic carbocycles. The minimum atomic E-state index is -5.08. The fourth-order valence-corrected chi connectivity index (χ4v) is 4.28. The van der Waals surface area contributed by atoms with Gasteiger partial charge in [0.25, 0.3) is 5.91 Å². The van der Waals surface area contributed by atoms with Crippen LogP contribution in [0, 0.1) is 0 Å². The van der Waals surface area contributed by atoms with Gasteiger partial charge in [0.15, 0.2) is 16.6 Å². The first kappa shape index (κ1) is 25.3. The average molecular weight is 522 g/mol. The highest BCUT2D eigenvalue weighted by Crippen LogP contribution is 2.23. The summed E-state index contributed by atoms with van der Waals surface area (Å²) < 4.78 is 35.5. The van der Waals surface area contributed by atoms with E-state index in [0.29, 0.717) is 23.8 Å². The van der Waals surface area contributed by atoms with Crippen molar-refractivity contribution in [2.75, 3.05) is 26.2 Å². The number of carbonyl (C=O) groups excluding carboxylic acids is 1. The molecule has 36 heavy (non-hydrogen) atoms. The maximum absolute atomic E-state index is 12.8. The number of rotatable bonds is 6. The normalized spacial score (nSPS) is 14.0. The summed E-state index contributed by atoms with van der Waals surface area (Å²) in [5.74, 6) is -2.27. The molecule has 1 fully saturated rings. The zero-order chi connectivity index (χ0) is 25.7. The summed E-state index contributed by atoms with van der Waals surface area (Å²) in [6.07, 6.45) is 4.67. The zero-order valence-electron chi connectivity index (χ0n) is 18.9. The molecule has 0 bridgehead atoms. The first-order valence-corrected chi connectivity index (χ1v) is 11.8. The molecule has 0 saturated carbocycles. The quantitative estimate of drug-likeness (QED) is 0.400. The molecule has 0 spiro atoms. The van der Waals surface area contributed by atoms with Gasteiger partial charge in [0.2, 0.25) is 0 Å². The summed E-state index contributed by atoms with van der Waals surface area (Å²) in [7, 11) is 0. The molecule has 10 nitrogen and oxygen atoms in total. The molecule has 0 radical (unpaired) electrons. The number of nitrogens with zero attached hydrogens (tertiary/aromatic N) is 6. The molecule has 5 rings (SSSR count). The monoisotopic (exact) mass is 521 g/mol. The second kappa shape index (κ2) is 10.9. The number of pyridine rings is 1. The Morgan fingerprint density at radius 1 is 1.17 bits per heavy atom.